The Bertz CT molecular complexity index is 1250. The van der Waals surface area contributed by atoms with Crippen LogP contribution in [0.15, 0.2) is 43.1 Å². The van der Waals surface area contributed by atoms with Crippen LogP contribution in [0.4, 0.5) is 0 Å². The van der Waals surface area contributed by atoms with E-state index in [1.807, 2.05) is 29.3 Å². The summed E-state index contributed by atoms with van der Waals surface area (Å²) in [5.74, 6) is 1.77. The van der Waals surface area contributed by atoms with Crippen molar-refractivity contribution >= 4 is 35.1 Å². The number of nitrogens with one attached hydrogen (secondary N) is 2. The van der Waals surface area contributed by atoms with E-state index in [0.29, 0.717) is 34.0 Å². The van der Waals surface area contributed by atoms with E-state index in [-0.39, 0.29) is 18.3 Å². The number of aromatic amines is 1. The molecule has 6 rings (SSSR count). The predicted octanol–water partition coefficient (Wildman–Crippen LogP) is 4.73. The van der Waals surface area contributed by atoms with E-state index in [4.69, 9.17) is 14.2 Å². The number of amides is 1. The minimum Gasteiger partial charge on any atom is -0.493 e. The molecule has 3 aliphatic rings. The Labute approximate surface area is 215 Å². The summed E-state index contributed by atoms with van der Waals surface area (Å²) in [6.07, 6.45) is 11.2. The van der Waals surface area contributed by atoms with Crippen LogP contribution in [0.3, 0.4) is 0 Å². The van der Waals surface area contributed by atoms with Crippen molar-refractivity contribution in [3.63, 3.8) is 0 Å². The normalized spacial score (nSPS) is 20.0. The lowest BCUT2D eigenvalue weighted by atomic mass is 9.86. The topological polar surface area (TPSA) is 102 Å². The fraction of sp³-hybridized carbons (Fsp3) is 0.423. The van der Waals surface area contributed by atoms with Gasteiger partial charge in [0.2, 0.25) is 0 Å². The van der Waals surface area contributed by atoms with Crippen molar-refractivity contribution < 1.29 is 19.0 Å². The fourth-order valence-electron chi connectivity index (χ4n) is 4.69. The van der Waals surface area contributed by atoms with Crippen molar-refractivity contribution in [3.8, 4) is 5.75 Å². The molecule has 4 heterocycles. The van der Waals surface area contributed by atoms with Crippen LogP contribution in [-0.2, 0) is 9.47 Å². The number of benzene rings is 1. The van der Waals surface area contributed by atoms with Gasteiger partial charge in [0.1, 0.15) is 29.5 Å². The van der Waals surface area contributed by atoms with Crippen LogP contribution >= 0.6 is 12.4 Å². The van der Waals surface area contributed by atoms with Crippen molar-refractivity contribution in [2.75, 3.05) is 19.7 Å². The molecule has 190 valence electrons. The van der Waals surface area contributed by atoms with Gasteiger partial charge in [0.25, 0.3) is 12.2 Å². The van der Waals surface area contributed by atoms with Gasteiger partial charge in [-0.2, -0.15) is 0 Å². The summed E-state index contributed by atoms with van der Waals surface area (Å²) in [6.45, 7) is 2.47. The highest BCUT2D eigenvalue weighted by atomic mass is 35.5. The second-order valence-corrected chi connectivity index (χ2v) is 9.39. The van der Waals surface area contributed by atoms with Crippen molar-refractivity contribution in [2.24, 2.45) is 5.92 Å². The number of fused-ring (bicyclic) bond motifs is 1. The maximum Gasteiger partial charge on any atom is 0.269 e. The maximum absolute atomic E-state index is 12.9. The fourth-order valence-corrected chi connectivity index (χ4v) is 4.69. The zero-order chi connectivity index (χ0) is 23.6. The monoisotopic (exact) mass is 511 g/mol. The summed E-state index contributed by atoms with van der Waals surface area (Å²) in [4.78, 5) is 24.8. The molecule has 2 fully saturated rings. The zero-order valence-electron chi connectivity index (χ0n) is 19.9. The van der Waals surface area contributed by atoms with Crippen LogP contribution in [0.25, 0.3) is 16.8 Å². The van der Waals surface area contributed by atoms with E-state index < -0.39 is 6.29 Å². The van der Waals surface area contributed by atoms with Crippen LogP contribution in [0.5, 0.6) is 5.75 Å². The number of hydrogen-bond donors (Lipinski definition) is 2. The minimum atomic E-state index is -0.598. The third kappa shape index (κ3) is 4.99. The first-order valence-electron chi connectivity index (χ1n) is 12.4. The van der Waals surface area contributed by atoms with Crippen molar-refractivity contribution in [1.82, 2.24) is 25.4 Å². The number of carbonyl (C=O) groups is 1. The lowest BCUT2D eigenvalue weighted by molar-refractivity contribution is -0.0174. The Kier molecular flexibility index (Phi) is 7.29. The van der Waals surface area contributed by atoms with Gasteiger partial charge in [-0.1, -0.05) is 25.0 Å². The quantitative estimate of drug-likeness (QED) is 0.472. The number of halogens is 1. The standard InChI is InChI=1S/C26H29N5O4.ClH/c32-25(30-31-10-2-1-3-11-31)20-13-27-24-22(20)28-16-29-23(24)21-15-34-26(35-21)18-8-5-9-19(12-18)33-14-17-6-4-7-17;/h5,8-9,12-13,15-17,26-27H,1-4,6-7,10-11,14H2,(H,30,32);1H. The minimum absolute atomic E-state index is 0. The molecule has 10 heteroatoms. The van der Waals surface area contributed by atoms with Gasteiger partial charge in [-0.05, 0) is 43.7 Å². The number of ether oxygens (including phenoxy) is 3. The van der Waals surface area contributed by atoms with E-state index >= 15 is 0 Å². The van der Waals surface area contributed by atoms with E-state index in [1.165, 1.54) is 32.0 Å². The average Bonchev–Trinajstić information content (AvgIpc) is 3.52. The van der Waals surface area contributed by atoms with Crippen molar-refractivity contribution in [2.45, 2.75) is 44.8 Å². The molecular weight excluding hydrogens is 482 g/mol. The van der Waals surface area contributed by atoms with Crippen LogP contribution in [-0.4, -0.2) is 45.6 Å². The number of aromatic nitrogens is 3. The molecule has 0 spiro atoms. The summed E-state index contributed by atoms with van der Waals surface area (Å²) in [5, 5.41) is 1.97. The number of piperidine rings is 1. The molecule has 2 aliphatic heterocycles. The number of hydrogen-bond acceptors (Lipinski definition) is 7. The molecule has 3 aromatic rings. The summed E-state index contributed by atoms with van der Waals surface area (Å²) in [6, 6.07) is 7.80. The first-order valence-corrected chi connectivity index (χ1v) is 12.4. The molecule has 2 aromatic heterocycles. The number of hydrazine groups is 1. The van der Waals surface area contributed by atoms with Crippen molar-refractivity contribution in [3.05, 3.63) is 59.9 Å². The molecule has 1 aromatic carbocycles. The third-order valence-corrected chi connectivity index (χ3v) is 6.93. The Balaban J connectivity index is 0.00000267. The smallest absolute Gasteiger partial charge is 0.269 e. The summed E-state index contributed by atoms with van der Waals surface area (Å²) >= 11 is 0. The highest BCUT2D eigenvalue weighted by molar-refractivity contribution is 6.06. The third-order valence-electron chi connectivity index (χ3n) is 6.93. The van der Waals surface area contributed by atoms with E-state index in [0.717, 1.165) is 43.9 Å². The summed E-state index contributed by atoms with van der Waals surface area (Å²) in [7, 11) is 0. The molecule has 36 heavy (non-hydrogen) atoms. The number of nitrogens with zero attached hydrogens (tertiary/aromatic N) is 3. The Hall–Kier alpha value is -3.30. The predicted molar refractivity (Wildman–Crippen MR) is 136 cm³/mol. The van der Waals surface area contributed by atoms with E-state index in [9.17, 15) is 4.79 Å². The first-order chi connectivity index (χ1) is 17.2. The van der Waals surface area contributed by atoms with Gasteiger partial charge in [0.15, 0.2) is 5.76 Å². The van der Waals surface area contributed by atoms with Gasteiger partial charge < -0.3 is 19.2 Å². The second kappa shape index (κ2) is 10.8. The van der Waals surface area contributed by atoms with Gasteiger partial charge in [0.05, 0.1) is 17.7 Å². The van der Waals surface area contributed by atoms with Crippen LogP contribution in [0, 0.1) is 5.92 Å². The van der Waals surface area contributed by atoms with Crippen LogP contribution < -0.4 is 10.2 Å². The molecular formula is C26H30ClN5O4. The summed E-state index contributed by atoms with van der Waals surface area (Å²) < 4.78 is 17.9. The molecule has 1 amide bonds. The highest BCUT2D eigenvalue weighted by Gasteiger charge is 2.27. The van der Waals surface area contributed by atoms with Crippen molar-refractivity contribution in [1.29, 1.82) is 0 Å². The Morgan fingerprint density at radius 3 is 2.83 bits per heavy atom. The van der Waals surface area contributed by atoms with E-state index in [1.54, 1.807) is 12.5 Å². The Morgan fingerprint density at radius 2 is 2.03 bits per heavy atom. The number of H-pyrrole nitrogens is 1. The van der Waals surface area contributed by atoms with Crippen LogP contribution in [0.1, 0.15) is 66.4 Å². The maximum atomic E-state index is 12.9. The largest absolute Gasteiger partial charge is 0.493 e. The van der Waals surface area contributed by atoms with Gasteiger partial charge in [-0.3, -0.25) is 10.2 Å². The van der Waals surface area contributed by atoms with Gasteiger partial charge in [0, 0.05) is 24.8 Å². The lowest BCUT2D eigenvalue weighted by Gasteiger charge is -2.26. The number of rotatable bonds is 7. The molecule has 1 saturated carbocycles. The molecule has 1 saturated heterocycles. The average molecular weight is 512 g/mol. The van der Waals surface area contributed by atoms with Gasteiger partial charge in [-0.25, -0.2) is 15.0 Å². The molecule has 0 radical (unpaired) electrons. The lowest BCUT2D eigenvalue weighted by Crippen LogP contribution is -2.45. The Morgan fingerprint density at radius 1 is 1.17 bits per heavy atom. The van der Waals surface area contributed by atoms with Gasteiger partial charge in [-0.15, -0.1) is 12.4 Å². The SMILES string of the molecule is Cl.O=C(NN1CCCCC1)c1c[nH]c2c(C3=COC(c4cccc(OCC5CCC5)c4)O3)ncnc12. The molecule has 1 unspecified atom stereocenters. The zero-order valence-corrected chi connectivity index (χ0v) is 20.8. The molecule has 1 atom stereocenters. The molecule has 2 N–H and O–H groups in total. The number of carbonyl (C=O) groups excluding carboxylic acids is 1. The summed E-state index contributed by atoms with van der Waals surface area (Å²) in [5.41, 5.74) is 6.05. The van der Waals surface area contributed by atoms with E-state index in [2.05, 4.69) is 20.4 Å². The first kappa shape index (κ1) is 24.4. The van der Waals surface area contributed by atoms with Crippen LogP contribution in [0.2, 0.25) is 0 Å². The highest BCUT2D eigenvalue weighted by Crippen LogP contribution is 2.36. The molecule has 9 nitrogen and oxygen atoms in total. The molecule has 0 bridgehead atoms. The molecule has 1 aliphatic carbocycles. The van der Waals surface area contributed by atoms with Gasteiger partial charge >= 0.3 is 0 Å². The second-order valence-electron chi connectivity index (χ2n) is 9.39.